The monoisotopic (exact) mass is 752 g/mol. The number of allylic oxidation sites excluding steroid dienone is 15. The Hall–Kier alpha value is -3.75. The Kier molecular flexibility index (Phi) is 33.7. The summed E-state index contributed by atoms with van der Waals surface area (Å²) in [6, 6.07) is -0.749. The lowest BCUT2D eigenvalue weighted by Gasteiger charge is -2.34. The zero-order valence-electron chi connectivity index (χ0n) is 34.3. The predicted molar refractivity (Wildman–Crippen MR) is 221 cm³/mol. The van der Waals surface area contributed by atoms with E-state index in [1.165, 1.54) is 25.7 Å². The molecule has 0 heterocycles. The van der Waals surface area contributed by atoms with Gasteiger partial charge in [0.05, 0.1) is 46.7 Å². The van der Waals surface area contributed by atoms with Gasteiger partial charge in [-0.3, -0.25) is 9.59 Å². The van der Waals surface area contributed by atoms with E-state index in [1.807, 2.05) is 12.2 Å². The number of carboxylic acid groups (broad SMARTS) is 1. The van der Waals surface area contributed by atoms with Crippen molar-refractivity contribution < 1.29 is 38.2 Å². The Morgan fingerprint density at radius 3 is 1.56 bits per heavy atom. The number of hydrogen-bond acceptors (Lipinski definition) is 7. The van der Waals surface area contributed by atoms with Gasteiger partial charge in [0.25, 0.3) is 0 Å². The van der Waals surface area contributed by atoms with Gasteiger partial charge >= 0.3 is 11.9 Å². The van der Waals surface area contributed by atoms with Crippen LogP contribution < -0.4 is 5.11 Å². The summed E-state index contributed by atoms with van der Waals surface area (Å²) in [6.45, 7) is 4.31. The first-order valence-electron chi connectivity index (χ1n) is 20.3. The first kappa shape index (κ1) is 50.2. The molecule has 0 saturated heterocycles. The Morgan fingerprint density at radius 1 is 0.593 bits per heavy atom. The van der Waals surface area contributed by atoms with Gasteiger partial charge in [0.1, 0.15) is 12.6 Å². The van der Waals surface area contributed by atoms with Crippen LogP contribution in [-0.4, -0.2) is 75.5 Å². The molecule has 0 aliphatic rings. The minimum atomic E-state index is -1.15. The number of quaternary nitrogens is 1. The molecule has 54 heavy (non-hydrogen) atoms. The summed E-state index contributed by atoms with van der Waals surface area (Å²) in [4.78, 5) is 36.6. The second-order valence-corrected chi connectivity index (χ2v) is 14.1. The lowest BCUT2D eigenvalue weighted by atomic mass is 10.1. The molecule has 0 amide bonds. The van der Waals surface area contributed by atoms with Crippen LogP contribution in [0.5, 0.6) is 0 Å². The van der Waals surface area contributed by atoms with Gasteiger partial charge in [0, 0.05) is 12.8 Å². The van der Waals surface area contributed by atoms with Gasteiger partial charge in [0.15, 0.2) is 6.10 Å². The van der Waals surface area contributed by atoms with Crippen molar-refractivity contribution in [3.8, 4) is 0 Å². The van der Waals surface area contributed by atoms with Crippen LogP contribution in [0, 0.1) is 0 Å². The molecule has 8 heteroatoms. The van der Waals surface area contributed by atoms with Crippen LogP contribution in [0.4, 0.5) is 0 Å². The zero-order chi connectivity index (χ0) is 40.0. The van der Waals surface area contributed by atoms with Crippen LogP contribution in [0.15, 0.2) is 97.2 Å². The van der Waals surface area contributed by atoms with Crippen molar-refractivity contribution in [3.05, 3.63) is 97.2 Å². The van der Waals surface area contributed by atoms with E-state index >= 15 is 0 Å². The molecule has 0 radical (unpaired) electrons. The van der Waals surface area contributed by atoms with Gasteiger partial charge in [-0.15, -0.1) is 0 Å². The Labute approximate surface area is 328 Å². The number of rotatable bonds is 34. The van der Waals surface area contributed by atoms with Gasteiger partial charge in [-0.2, -0.15) is 0 Å². The number of carbonyl (C=O) groups is 3. The molecule has 0 aromatic heterocycles. The molecule has 0 rings (SSSR count). The number of ether oxygens (including phenoxy) is 3. The lowest BCUT2D eigenvalue weighted by Crippen LogP contribution is -2.55. The summed E-state index contributed by atoms with van der Waals surface area (Å²) in [7, 11) is 5.34. The largest absolute Gasteiger partial charge is 0.544 e. The van der Waals surface area contributed by atoms with Crippen molar-refractivity contribution >= 4 is 17.9 Å². The van der Waals surface area contributed by atoms with Crippen molar-refractivity contribution in [3.63, 3.8) is 0 Å². The van der Waals surface area contributed by atoms with Crippen molar-refractivity contribution in [1.82, 2.24) is 0 Å². The fourth-order valence-corrected chi connectivity index (χ4v) is 5.09. The third-order valence-electron chi connectivity index (χ3n) is 8.24. The number of nitrogens with zero attached hydrogens (tertiary/aromatic N) is 1. The van der Waals surface area contributed by atoms with Crippen LogP contribution in [0.3, 0.4) is 0 Å². The van der Waals surface area contributed by atoms with E-state index in [1.54, 1.807) is 27.2 Å². The average molecular weight is 752 g/mol. The highest BCUT2D eigenvalue weighted by molar-refractivity contribution is 5.71. The fourth-order valence-electron chi connectivity index (χ4n) is 5.09. The van der Waals surface area contributed by atoms with Gasteiger partial charge in [-0.05, 0) is 77.0 Å². The van der Waals surface area contributed by atoms with Crippen molar-refractivity contribution in [2.75, 3.05) is 41.0 Å². The van der Waals surface area contributed by atoms with Crippen LogP contribution in [0.25, 0.3) is 0 Å². The first-order valence-corrected chi connectivity index (χ1v) is 20.3. The number of esters is 2. The molecule has 0 saturated carbocycles. The number of aliphatic carboxylic acids is 1. The van der Waals surface area contributed by atoms with E-state index in [9.17, 15) is 19.5 Å². The van der Waals surface area contributed by atoms with Crippen LogP contribution in [0.2, 0.25) is 0 Å². The molecule has 0 aliphatic carbocycles. The minimum Gasteiger partial charge on any atom is -0.544 e. The van der Waals surface area contributed by atoms with E-state index in [4.69, 9.17) is 14.2 Å². The van der Waals surface area contributed by atoms with E-state index < -0.39 is 24.1 Å². The molecule has 2 unspecified atom stereocenters. The standard InChI is InChI=1S/C46H73NO7/c1-6-8-10-12-14-16-17-18-19-20-21-22-23-24-25-26-27-29-31-33-35-37-45(49)54-42(40-52-39-38-43(46(50)51)47(3,4)5)41-53-44(48)36-34-32-30-28-15-13-11-9-7-2/h9,11,14-16,18-19,21-22,24-25,27-29,32,34,42-43H,6-8,10,12-13,17,20,23,26,30-31,33,35-41H2,1-5H3/b11-9+,16-14+,19-18+,22-21+,25-24+,28-15+,29-27+,34-32+. The third-order valence-corrected chi connectivity index (χ3v) is 8.24. The smallest absolute Gasteiger partial charge is 0.309 e. The SMILES string of the molecule is CC/C=C/C/C=C/C/C=C/CC(=O)OCC(COCCC(C(=O)[O-])[N+](C)(C)C)OC(=O)CCCC/C=C/C/C=C/C/C=C/C/C=C/C/C=C/CCCCC. The summed E-state index contributed by atoms with van der Waals surface area (Å²) < 4.78 is 16.9. The molecule has 304 valence electrons. The topological polar surface area (TPSA) is 102 Å². The lowest BCUT2D eigenvalue weighted by molar-refractivity contribution is -0.889. The molecule has 0 bridgehead atoms. The summed E-state index contributed by atoms with van der Waals surface area (Å²) in [6.07, 6.45) is 47.7. The zero-order valence-corrected chi connectivity index (χ0v) is 34.3. The molecule has 0 spiro atoms. The van der Waals surface area contributed by atoms with Crippen LogP contribution in [-0.2, 0) is 28.6 Å². The van der Waals surface area contributed by atoms with Crippen molar-refractivity contribution in [1.29, 1.82) is 0 Å². The summed E-state index contributed by atoms with van der Waals surface area (Å²) in [5.41, 5.74) is 0. The second-order valence-electron chi connectivity index (χ2n) is 14.1. The highest BCUT2D eigenvalue weighted by atomic mass is 16.6. The molecule has 0 aromatic rings. The molecular formula is C46H73NO7. The third kappa shape index (κ3) is 34.0. The van der Waals surface area contributed by atoms with E-state index in [0.717, 1.165) is 57.8 Å². The van der Waals surface area contributed by atoms with Crippen molar-refractivity contribution in [2.45, 2.75) is 135 Å². The van der Waals surface area contributed by atoms with Gasteiger partial charge in [0.2, 0.25) is 0 Å². The summed E-state index contributed by atoms with van der Waals surface area (Å²) in [5, 5.41) is 11.6. The van der Waals surface area contributed by atoms with E-state index in [0.29, 0.717) is 6.42 Å². The quantitative estimate of drug-likeness (QED) is 0.0280. The number of hydrogen-bond donors (Lipinski definition) is 0. The number of unbranched alkanes of at least 4 members (excludes halogenated alkanes) is 5. The van der Waals surface area contributed by atoms with Gasteiger partial charge in [-0.1, -0.05) is 124 Å². The molecule has 8 nitrogen and oxygen atoms in total. The maximum absolute atomic E-state index is 12.6. The summed E-state index contributed by atoms with van der Waals surface area (Å²) >= 11 is 0. The Bertz CT molecular complexity index is 1200. The van der Waals surface area contributed by atoms with Gasteiger partial charge < -0.3 is 28.6 Å². The number of likely N-dealkylation sites (N-methyl/N-ethyl adjacent to an activating group) is 1. The second kappa shape index (κ2) is 36.2. The molecular weight excluding hydrogens is 679 g/mol. The molecule has 0 aromatic carbocycles. The molecule has 0 fully saturated rings. The maximum Gasteiger partial charge on any atom is 0.309 e. The normalized spacial score (nSPS) is 14.0. The highest BCUT2D eigenvalue weighted by Crippen LogP contribution is 2.10. The molecule has 0 aliphatic heterocycles. The Morgan fingerprint density at radius 2 is 1.07 bits per heavy atom. The van der Waals surface area contributed by atoms with E-state index in [2.05, 4.69) is 92.8 Å². The highest BCUT2D eigenvalue weighted by Gasteiger charge is 2.25. The maximum atomic E-state index is 12.6. The Balaban J connectivity index is 4.51. The average Bonchev–Trinajstić information content (AvgIpc) is 3.12. The predicted octanol–water partition coefficient (Wildman–Crippen LogP) is 9.40. The molecule has 0 N–H and O–H groups in total. The van der Waals surface area contributed by atoms with Crippen LogP contribution in [0.1, 0.15) is 123 Å². The van der Waals surface area contributed by atoms with Gasteiger partial charge in [-0.25, -0.2) is 0 Å². The molecule has 2 atom stereocenters. The fraction of sp³-hybridized carbons (Fsp3) is 0.587. The number of carboxylic acids is 1. The minimum absolute atomic E-state index is 0.0107. The van der Waals surface area contributed by atoms with E-state index in [-0.39, 0.29) is 49.5 Å². The van der Waals surface area contributed by atoms with Crippen LogP contribution >= 0.6 is 0 Å². The first-order chi connectivity index (χ1) is 26.1. The van der Waals surface area contributed by atoms with Crippen molar-refractivity contribution in [2.24, 2.45) is 0 Å². The summed E-state index contributed by atoms with van der Waals surface area (Å²) in [5.74, 6) is -1.96. The number of carbonyl (C=O) groups excluding carboxylic acids is 3.